The molecule has 2 nitrogen and oxygen atoms in total. The maximum atomic E-state index is 8.83. The van der Waals surface area contributed by atoms with Crippen LogP contribution in [0.25, 0.3) is 0 Å². The highest BCUT2D eigenvalue weighted by atomic mass is 32.1. The first-order valence-corrected chi connectivity index (χ1v) is 6.75. The van der Waals surface area contributed by atoms with E-state index in [1.54, 1.807) is 11.3 Å². The number of aryl methyl sites for hydroxylation is 3. The lowest BCUT2D eigenvalue weighted by Gasteiger charge is -1.99. The number of aromatic nitrogens is 1. The lowest BCUT2D eigenvalue weighted by molar-refractivity contribution is 0.298. The third-order valence-electron chi connectivity index (χ3n) is 2.72. The highest BCUT2D eigenvalue weighted by Crippen LogP contribution is 2.13. The summed E-state index contributed by atoms with van der Waals surface area (Å²) in [5.41, 5.74) is 3.67. The van der Waals surface area contributed by atoms with Crippen molar-refractivity contribution in [3.63, 3.8) is 0 Å². The topological polar surface area (TPSA) is 33.1 Å². The number of thiazole rings is 1. The van der Waals surface area contributed by atoms with Crippen molar-refractivity contribution in [2.75, 3.05) is 6.61 Å². The van der Waals surface area contributed by atoms with Crippen LogP contribution in [0.15, 0.2) is 29.6 Å². The number of rotatable bonds is 5. The standard InChI is InChI=1S/C14H17NOS/c1-11-2-4-12(5-3-11)6-7-14-15-13(8-9-16)10-17-14/h2-5,10,16H,6-9H2,1H3. The highest BCUT2D eigenvalue weighted by molar-refractivity contribution is 7.09. The largest absolute Gasteiger partial charge is 0.396 e. The van der Waals surface area contributed by atoms with Crippen molar-refractivity contribution in [1.82, 2.24) is 4.98 Å². The zero-order valence-corrected chi connectivity index (χ0v) is 10.8. The van der Waals surface area contributed by atoms with Gasteiger partial charge in [0.25, 0.3) is 0 Å². The number of aliphatic hydroxyl groups is 1. The Kier molecular flexibility index (Phi) is 4.29. The lowest BCUT2D eigenvalue weighted by atomic mass is 10.1. The van der Waals surface area contributed by atoms with E-state index < -0.39 is 0 Å². The third kappa shape index (κ3) is 3.65. The quantitative estimate of drug-likeness (QED) is 0.881. The summed E-state index contributed by atoms with van der Waals surface area (Å²) in [6.07, 6.45) is 2.69. The van der Waals surface area contributed by atoms with Crippen LogP contribution in [-0.2, 0) is 19.3 Å². The predicted molar refractivity (Wildman–Crippen MR) is 71.5 cm³/mol. The van der Waals surface area contributed by atoms with E-state index in [0.717, 1.165) is 23.5 Å². The van der Waals surface area contributed by atoms with Crippen LogP contribution < -0.4 is 0 Å². The van der Waals surface area contributed by atoms with Gasteiger partial charge in [-0.1, -0.05) is 29.8 Å². The zero-order valence-electron chi connectivity index (χ0n) is 10.0. The normalized spacial score (nSPS) is 10.7. The van der Waals surface area contributed by atoms with Gasteiger partial charge in [-0.05, 0) is 18.9 Å². The number of hydrogen-bond acceptors (Lipinski definition) is 3. The van der Waals surface area contributed by atoms with Crippen LogP contribution in [0, 0.1) is 6.92 Å². The molecule has 0 aliphatic rings. The Labute approximate surface area is 106 Å². The van der Waals surface area contributed by atoms with Gasteiger partial charge in [0.1, 0.15) is 0 Å². The van der Waals surface area contributed by atoms with Crippen LogP contribution in [-0.4, -0.2) is 16.7 Å². The molecule has 0 aliphatic carbocycles. The summed E-state index contributed by atoms with van der Waals surface area (Å²) in [5.74, 6) is 0. The minimum absolute atomic E-state index is 0.182. The summed E-state index contributed by atoms with van der Waals surface area (Å²) < 4.78 is 0. The fourth-order valence-corrected chi connectivity index (χ4v) is 2.53. The predicted octanol–water partition coefficient (Wildman–Crippen LogP) is 2.77. The molecule has 17 heavy (non-hydrogen) atoms. The molecule has 0 unspecified atom stereocenters. The molecule has 90 valence electrons. The first-order chi connectivity index (χ1) is 8.28. The molecule has 2 rings (SSSR count). The average Bonchev–Trinajstić information content (AvgIpc) is 2.77. The monoisotopic (exact) mass is 247 g/mol. The first-order valence-electron chi connectivity index (χ1n) is 5.87. The van der Waals surface area contributed by atoms with E-state index in [1.807, 2.05) is 5.38 Å². The highest BCUT2D eigenvalue weighted by Gasteiger charge is 2.02. The van der Waals surface area contributed by atoms with Gasteiger partial charge in [0.15, 0.2) is 0 Å². The van der Waals surface area contributed by atoms with E-state index in [9.17, 15) is 0 Å². The van der Waals surface area contributed by atoms with Crippen LogP contribution in [0.1, 0.15) is 21.8 Å². The molecule has 0 saturated carbocycles. The number of nitrogens with zero attached hydrogens (tertiary/aromatic N) is 1. The van der Waals surface area contributed by atoms with Gasteiger partial charge < -0.3 is 5.11 Å². The maximum Gasteiger partial charge on any atom is 0.0931 e. The molecular weight excluding hydrogens is 230 g/mol. The molecule has 1 heterocycles. The summed E-state index contributed by atoms with van der Waals surface area (Å²) in [7, 11) is 0. The van der Waals surface area contributed by atoms with Crippen LogP contribution in [0.2, 0.25) is 0 Å². The van der Waals surface area contributed by atoms with E-state index in [0.29, 0.717) is 6.42 Å². The molecule has 3 heteroatoms. The van der Waals surface area contributed by atoms with Gasteiger partial charge in [0.05, 0.1) is 10.7 Å². The number of benzene rings is 1. The molecular formula is C14H17NOS. The molecule has 0 saturated heterocycles. The minimum Gasteiger partial charge on any atom is -0.396 e. The van der Waals surface area contributed by atoms with Crippen LogP contribution in [0.3, 0.4) is 0 Å². The van der Waals surface area contributed by atoms with E-state index >= 15 is 0 Å². The van der Waals surface area contributed by atoms with Crippen molar-refractivity contribution in [2.45, 2.75) is 26.2 Å². The fraction of sp³-hybridized carbons (Fsp3) is 0.357. The van der Waals surface area contributed by atoms with Crippen molar-refractivity contribution in [3.05, 3.63) is 51.5 Å². The molecule has 0 atom stereocenters. The van der Waals surface area contributed by atoms with Crippen LogP contribution >= 0.6 is 11.3 Å². The molecule has 0 aliphatic heterocycles. The van der Waals surface area contributed by atoms with Gasteiger partial charge in [0.2, 0.25) is 0 Å². The minimum atomic E-state index is 0.182. The second-order valence-electron chi connectivity index (χ2n) is 4.19. The average molecular weight is 247 g/mol. The summed E-state index contributed by atoms with van der Waals surface area (Å²) in [4.78, 5) is 4.49. The van der Waals surface area contributed by atoms with E-state index in [2.05, 4.69) is 36.2 Å². The van der Waals surface area contributed by atoms with Crippen LogP contribution in [0.4, 0.5) is 0 Å². The summed E-state index contributed by atoms with van der Waals surface area (Å²) in [6, 6.07) is 8.65. The zero-order chi connectivity index (χ0) is 12.1. The molecule has 0 amide bonds. The van der Waals surface area contributed by atoms with E-state index in [4.69, 9.17) is 5.11 Å². The Morgan fingerprint density at radius 1 is 1.12 bits per heavy atom. The molecule has 1 aromatic carbocycles. The van der Waals surface area contributed by atoms with Gasteiger partial charge in [-0.3, -0.25) is 0 Å². The third-order valence-corrected chi connectivity index (χ3v) is 3.67. The SMILES string of the molecule is Cc1ccc(CCc2nc(CCO)cs2)cc1. The molecule has 0 radical (unpaired) electrons. The Hall–Kier alpha value is -1.19. The molecule has 1 N–H and O–H groups in total. The maximum absolute atomic E-state index is 8.83. The van der Waals surface area contributed by atoms with Crippen molar-refractivity contribution in [2.24, 2.45) is 0 Å². The fourth-order valence-electron chi connectivity index (χ4n) is 1.70. The summed E-state index contributed by atoms with van der Waals surface area (Å²) >= 11 is 1.69. The molecule has 0 bridgehead atoms. The smallest absolute Gasteiger partial charge is 0.0931 e. The van der Waals surface area contributed by atoms with E-state index in [1.165, 1.54) is 11.1 Å². The summed E-state index contributed by atoms with van der Waals surface area (Å²) in [6.45, 7) is 2.28. The van der Waals surface area contributed by atoms with Crippen LogP contribution in [0.5, 0.6) is 0 Å². The first kappa shape index (κ1) is 12.3. The number of hydrogen-bond donors (Lipinski definition) is 1. The van der Waals surface area contributed by atoms with Crippen molar-refractivity contribution in [1.29, 1.82) is 0 Å². The van der Waals surface area contributed by atoms with Gasteiger partial charge >= 0.3 is 0 Å². The Morgan fingerprint density at radius 3 is 2.59 bits per heavy atom. The van der Waals surface area contributed by atoms with Gasteiger partial charge in [-0.2, -0.15) is 0 Å². The van der Waals surface area contributed by atoms with Gasteiger partial charge in [0, 0.05) is 24.8 Å². The second-order valence-corrected chi connectivity index (χ2v) is 5.13. The Bertz CT molecular complexity index is 461. The summed E-state index contributed by atoms with van der Waals surface area (Å²) in [5, 5.41) is 12.0. The van der Waals surface area contributed by atoms with Crippen molar-refractivity contribution < 1.29 is 5.11 Å². The lowest BCUT2D eigenvalue weighted by Crippen LogP contribution is -1.94. The molecule has 0 spiro atoms. The molecule has 0 fully saturated rings. The molecule has 1 aromatic heterocycles. The van der Waals surface area contributed by atoms with E-state index in [-0.39, 0.29) is 6.61 Å². The van der Waals surface area contributed by atoms with Gasteiger partial charge in [-0.15, -0.1) is 11.3 Å². The molecule has 2 aromatic rings. The van der Waals surface area contributed by atoms with Crippen molar-refractivity contribution in [3.8, 4) is 0 Å². The van der Waals surface area contributed by atoms with Crippen molar-refractivity contribution >= 4 is 11.3 Å². The Morgan fingerprint density at radius 2 is 1.88 bits per heavy atom. The second kappa shape index (κ2) is 5.94. The Balaban J connectivity index is 1.90. The number of aliphatic hydroxyl groups excluding tert-OH is 1. The van der Waals surface area contributed by atoms with Gasteiger partial charge in [-0.25, -0.2) is 4.98 Å².